The van der Waals surface area contributed by atoms with Crippen LogP contribution in [0.5, 0.6) is 5.75 Å². The molecule has 2 heterocycles. The molecule has 1 saturated carbocycles. The molecule has 3 aromatic rings. The number of hydrogen-bond donors (Lipinski definition) is 1. The number of fused-ring (bicyclic) bond motifs is 1. The summed E-state index contributed by atoms with van der Waals surface area (Å²) in [7, 11) is 1.57. The lowest BCUT2D eigenvalue weighted by Crippen LogP contribution is -2.19. The normalized spacial score (nSPS) is 14.1. The van der Waals surface area contributed by atoms with Crippen molar-refractivity contribution in [3.63, 3.8) is 0 Å². The molecule has 6 nitrogen and oxygen atoms in total. The third kappa shape index (κ3) is 3.22. The summed E-state index contributed by atoms with van der Waals surface area (Å²) >= 11 is 0. The third-order valence-electron chi connectivity index (χ3n) is 4.62. The van der Waals surface area contributed by atoms with Crippen LogP contribution in [-0.2, 0) is 7.05 Å². The van der Waals surface area contributed by atoms with Crippen LogP contribution in [-0.4, -0.2) is 33.6 Å². The fraction of sp³-hybridized carbons (Fsp3) is 0.316. The van der Waals surface area contributed by atoms with Crippen molar-refractivity contribution in [2.24, 2.45) is 7.05 Å². The molecule has 0 saturated heterocycles. The first-order chi connectivity index (χ1) is 13.0. The average molecular weight is 373 g/mol. The van der Waals surface area contributed by atoms with Crippen molar-refractivity contribution in [2.75, 3.05) is 6.61 Å². The molecule has 1 aliphatic rings. The number of ketones is 1. The second-order valence-electron chi connectivity index (χ2n) is 6.61. The molecule has 0 radical (unpaired) electrons. The number of halogens is 2. The van der Waals surface area contributed by atoms with E-state index in [0.717, 1.165) is 12.8 Å². The van der Waals surface area contributed by atoms with Crippen LogP contribution < -0.4 is 10.3 Å². The van der Waals surface area contributed by atoms with Crippen LogP contribution >= 0.6 is 0 Å². The number of hydrogen-bond acceptors (Lipinski definition) is 4. The minimum atomic E-state index is -2.61. The van der Waals surface area contributed by atoms with E-state index in [4.69, 9.17) is 4.74 Å². The number of aromatic amines is 1. The lowest BCUT2D eigenvalue weighted by molar-refractivity contribution is 0.0826. The Morgan fingerprint density at radius 2 is 2.15 bits per heavy atom. The molecule has 0 spiro atoms. The number of carbonyl (C=O) groups excluding carboxylic acids is 1. The van der Waals surface area contributed by atoms with Crippen molar-refractivity contribution >= 4 is 16.7 Å². The Kier molecular flexibility index (Phi) is 4.25. The van der Waals surface area contributed by atoms with Gasteiger partial charge in [0.1, 0.15) is 17.9 Å². The Bertz CT molecular complexity index is 1080. The minimum Gasteiger partial charge on any atom is -0.487 e. The highest BCUT2D eigenvalue weighted by Gasteiger charge is 2.33. The van der Waals surface area contributed by atoms with E-state index in [1.807, 2.05) is 0 Å². The highest BCUT2D eigenvalue weighted by molar-refractivity contribution is 6.11. The molecule has 4 rings (SSSR count). The Morgan fingerprint density at radius 3 is 2.85 bits per heavy atom. The van der Waals surface area contributed by atoms with Crippen molar-refractivity contribution < 1.29 is 18.3 Å². The Labute approximate surface area is 152 Å². The summed E-state index contributed by atoms with van der Waals surface area (Å²) in [5, 5.41) is 3.42. The van der Waals surface area contributed by atoms with Gasteiger partial charge in [-0.05, 0) is 37.1 Å². The first-order valence-corrected chi connectivity index (χ1v) is 8.59. The van der Waals surface area contributed by atoms with Gasteiger partial charge in [0.25, 0.3) is 12.0 Å². The monoisotopic (exact) mass is 373 g/mol. The molecule has 1 aromatic carbocycles. The van der Waals surface area contributed by atoms with Crippen LogP contribution in [0.15, 0.2) is 35.3 Å². The summed E-state index contributed by atoms with van der Waals surface area (Å²) in [6.45, 7) is -0.749. The first kappa shape index (κ1) is 17.4. The molecule has 1 N–H and O–H groups in total. The summed E-state index contributed by atoms with van der Waals surface area (Å²) in [6, 6.07) is 6.21. The third-order valence-corrected chi connectivity index (χ3v) is 4.62. The van der Waals surface area contributed by atoms with Crippen molar-refractivity contribution in [3.05, 3.63) is 57.6 Å². The molecule has 0 amide bonds. The Morgan fingerprint density at radius 1 is 1.37 bits per heavy atom. The standard InChI is InChI=1S/C19H17F2N3O3/c1-24-19(26)16(17(23-24)10-2-3-10)18(25)11-4-5-13-12(8-11)14(6-7-22-13)27-9-15(20)21/h4-8,10,15,23H,2-3,9H2,1H3. The SMILES string of the molecule is Cn1[nH]c(C2CC2)c(C(=O)c2ccc3nccc(OCC(F)F)c3c2)c1=O. The zero-order chi connectivity index (χ0) is 19.1. The van der Waals surface area contributed by atoms with Gasteiger partial charge < -0.3 is 4.74 Å². The second-order valence-corrected chi connectivity index (χ2v) is 6.61. The summed E-state index contributed by atoms with van der Waals surface area (Å²) in [6.07, 6.45) is 0.723. The summed E-state index contributed by atoms with van der Waals surface area (Å²) in [5.41, 5.74) is 1.23. The molecule has 1 fully saturated rings. The molecular weight excluding hydrogens is 356 g/mol. The molecule has 0 unspecified atom stereocenters. The van der Waals surface area contributed by atoms with E-state index < -0.39 is 18.8 Å². The van der Waals surface area contributed by atoms with Gasteiger partial charge in [0, 0.05) is 30.1 Å². The lowest BCUT2D eigenvalue weighted by Gasteiger charge is -2.09. The van der Waals surface area contributed by atoms with E-state index in [1.165, 1.54) is 23.0 Å². The quantitative estimate of drug-likeness (QED) is 0.674. The zero-order valence-electron chi connectivity index (χ0n) is 14.5. The molecule has 2 aromatic heterocycles. The van der Waals surface area contributed by atoms with Crippen LogP contribution in [0.3, 0.4) is 0 Å². The Balaban J connectivity index is 1.77. The maximum Gasteiger partial charge on any atom is 0.277 e. The van der Waals surface area contributed by atoms with E-state index in [0.29, 0.717) is 16.6 Å². The molecule has 0 bridgehead atoms. The van der Waals surface area contributed by atoms with Gasteiger partial charge in [0.2, 0.25) is 5.78 Å². The van der Waals surface area contributed by atoms with Crippen LogP contribution in [0.4, 0.5) is 8.78 Å². The second kappa shape index (κ2) is 6.61. The maximum absolute atomic E-state index is 13.0. The predicted octanol–water partition coefficient (Wildman–Crippen LogP) is 3.01. The number of alkyl halides is 2. The summed E-state index contributed by atoms with van der Waals surface area (Å²) < 4.78 is 31.4. The van der Waals surface area contributed by atoms with E-state index in [-0.39, 0.29) is 28.4 Å². The smallest absolute Gasteiger partial charge is 0.277 e. The van der Waals surface area contributed by atoms with Gasteiger partial charge in [-0.2, -0.15) is 0 Å². The zero-order valence-corrected chi connectivity index (χ0v) is 14.5. The molecule has 140 valence electrons. The maximum atomic E-state index is 13.0. The largest absolute Gasteiger partial charge is 0.487 e. The number of pyridine rings is 1. The predicted molar refractivity (Wildman–Crippen MR) is 94.7 cm³/mol. The summed E-state index contributed by atoms with van der Waals surface area (Å²) in [4.78, 5) is 29.6. The van der Waals surface area contributed by atoms with E-state index in [1.54, 1.807) is 19.2 Å². The van der Waals surface area contributed by atoms with E-state index in [2.05, 4.69) is 10.1 Å². The number of nitrogens with zero attached hydrogens (tertiary/aromatic N) is 2. The number of H-pyrrole nitrogens is 1. The van der Waals surface area contributed by atoms with Crippen LogP contribution in [0.2, 0.25) is 0 Å². The van der Waals surface area contributed by atoms with Gasteiger partial charge >= 0.3 is 0 Å². The number of aryl methyl sites for hydroxylation is 1. The molecule has 8 heteroatoms. The molecule has 1 aliphatic carbocycles. The number of nitrogens with one attached hydrogen (secondary N) is 1. The summed E-state index contributed by atoms with van der Waals surface area (Å²) in [5.74, 6) is 0.0218. The van der Waals surface area contributed by atoms with Gasteiger partial charge in [-0.25, -0.2) is 8.78 Å². The number of aromatic nitrogens is 3. The highest BCUT2D eigenvalue weighted by Crippen LogP contribution is 2.40. The van der Waals surface area contributed by atoms with Gasteiger partial charge in [0.05, 0.1) is 11.2 Å². The minimum absolute atomic E-state index is 0.137. The lowest BCUT2D eigenvalue weighted by atomic mass is 10.00. The molecule has 0 aliphatic heterocycles. The molecular formula is C19H17F2N3O3. The van der Waals surface area contributed by atoms with E-state index >= 15 is 0 Å². The van der Waals surface area contributed by atoms with Gasteiger partial charge in [0.15, 0.2) is 0 Å². The number of ether oxygens (including phenoxy) is 1. The molecule has 0 atom stereocenters. The fourth-order valence-electron chi connectivity index (χ4n) is 3.14. The number of rotatable bonds is 6. The van der Waals surface area contributed by atoms with Crippen molar-refractivity contribution in [1.82, 2.24) is 14.8 Å². The van der Waals surface area contributed by atoms with Gasteiger partial charge in [-0.15, -0.1) is 0 Å². The van der Waals surface area contributed by atoms with Crippen LogP contribution in [0.1, 0.15) is 40.4 Å². The van der Waals surface area contributed by atoms with E-state index in [9.17, 15) is 18.4 Å². The van der Waals surface area contributed by atoms with Gasteiger partial charge in [-0.1, -0.05) is 0 Å². The first-order valence-electron chi connectivity index (χ1n) is 8.59. The Hall–Kier alpha value is -3.03. The van der Waals surface area contributed by atoms with Crippen LogP contribution in [0.25, 0.3) is 10.9 Å². The van der Waals surface area contributed by atoms with Crippen LogP contribution in [0, 0.1) is 0 Å². The fourth-order valence-corrected chi connectivity index (χ4v) is 3.14. The number of carbonyl (C=O) groups is 1. The topological polar surface area (TPSA) is 77.0 Å². The van der Waals surface area contributed by atoms with Crippen molar-refractivity contribution in [1.29, 1.82) is 0 Å². The highest BCUT2D eigenvalue weighted by atomic mass is 19.3. The number of benzene rings is 1. The van der Waals surface area contributed by atoms with Crippen molar-refractivity contribution in [2.45, 2.75) is 25.2 Å². The van der Waals surface area contributed by atoms with Crippen molar-refractivity contribution in [3.8, 4) is 5.75 Å². The molecule has 27 heavy (non-hydrogen) atoms. The van der Waals surface area contributed by atoms with Gasteiger partial charge in [-0.3, -0.25) is 24.4 Å². The average Bonchev–Trinajstić information content (AvgIpc) is 3.45.